The summed E-state index contributed by atoms with van der Waals surface area (Å²) < 4.78 is 0. The van der Waals surface area contributed by atoms with Gasteiger partial charge in [-0.1, -0.05) is 19.3 Å². The smallest absolute Gasteiger partial charge is 0.229 e. The Labute approximate surface area is 125 Å². The number of thiazole rings is 1. The molecular weight excluding hydrogens is 270 g/mol. The highest BCUT2D eigenvalue weighted by molar-refractivity contribution is 7.14. The third kappa shape index (κ3) is 3.38. The number of rotatable bonds is 5. The molecule has 1 aliphatic carbocycles. The van der Waals surface area contributed by atoms with E-state index in [0.29, 0.717) is 19.5 Å². The van der Waals surface area contributed by atoms with Crippen molar-refractivity contribution in [3.8, 4) is 0 Å². The molecule has 0 bridgehead atoms. The van der Waals surface area contributed by atoms with Crippen LogP contribution in [0.5, 0.6) is 0 Å². The summed E-state index contributed by atoms with van der Waals surface area (Å²) in [6.45, 7) is 5.26. The summed E-state index contributed by atoms with van der Waals surface area (Å²) in [6, 6.07) is 0. The third-order valence-corrected chi connectivity index (χ3v) is 5.31. The van der Waals surface area contributed by atoms with Gasteiger partial charge in [-0.2, -0.15) is 0 Å². The quantitative estimate of drug-likeness (QED) is 0.908. The standard InChI is InChI=1S/C15H25N3OS/c1-3-18(14-17-12(2)10-20-14)13(19)9-15(11-16)7-5-4-6-8-15/h10H,3-9,11,16H2,1-2H3. The molecule has 1 aromatic heterocycles. The van der Waals surface area contributed by atoms with E-state index in [1.807, 2.05) is 24.1 Å². The number of anilines is 1. The number of aryl methyl sites for hydroxylation is 1. The number of nitrogens with two attached hydrogens (primary N) is 1. The molecule has 5 heteroatoms. The van der Waals surface area contributed by atoms with Crippen molar-refractivity contribution in [3.05, 3.63) is 11.1 Å². The van der Waals surface area contributed by atoms with E-state index in [1.165, 1.54) is 19.3 Å². The molecule has 4 nitrogen and oxygen atoms in total. The molecular formula is C15H25N3OS. The molecule has 0 unspecified atom stereocenters. The molecule has 1 heterocycles. The minimum atomic E-state index is 0.0229. The fourth-order valence-corrected chi connectivity index (χ4v) is 3.94. The van der Waals surface area contributed by atoms with Gasteiger partial charge in [0.1, 0.15) is 0 Å². The number of carbonyl (C=O) groups is 1. The van der Waals surface area contributed by atoms with Crippen molar-refractivity contribution in [3.63, 3.8) is 0 Å². The highest BCUT2D eigenvalue weighted by Gasteiger charge is 2.34. The van der Waals surface area contributed by atoms with Crippen LogP contribution in [0.1, 0.15) is 51.1 Å². The molecule has 1 aliphatic rings. The largest absolute Gasteiger partial charge is 0.330 e. The molecule has 2 N–H and O–H groups in total. The van der Waals surface area contributed by atoms with Gasteiger partial charge in [-0.05, 0) is 38.6 Å². The first-order chi connectivity index (χ1) is 9.60. The number of aromatic nitrogens is 1. The summed E-state index contributed by atoms with van der Waals surface area (Å²) in [7, 11) is 0. The van der Waals surface area contributed by atoms with Crippen molar-refractivity contribution in [2.24, 2.45) is 11.1 Å². The molecule has 0 atom stereocenters. The van der Waals surface area contributed by atoms with Gasteiger partial charge in [0.25, 0.3) is 0 Å². The zero-order valence-electron chi connectivity index (χ0n) is 12.5. The van der Waals surface area contributed by atoms with Gasteiger partial charge in [0, 0.05) is 18.3 Å². The van der Waals surface area contributed by atoms with Crippen LogP contribution in [0.25, 0.3) is 0 Å². The minimum Gasteiger partial charge on any atom is -0.330 e. The first-order valence-electron chi connectivity index (χ1n) is 7.53. The molecule has 112 valence electrons. The van der Waals surface area contributed by atoms with Crippen molar-refractivity contribution >= 4 is 22.4 Å². The molecule has 1 amide bonds. The second-order valence-electron chi connectivity index (χ2n) is 5.85. The van der Waals surface area contributed by atoms with Gasteiger partial charge in [-0.3, -0.25) is 9.69 Å². The monoisotopic (exact) mass is 295 g/mol. The van der Waals surface area contributed by atoms with Crippen molar-refractivity contribution in [2.75, 3.05) is 18.0 Å². The predicted octanol–water partition coefficient (Wildman–Crippen LogP) is 3.10. The SMILES string of the molecule is CCN(C(=O)CC1(CN)CCCCC1)c1nc(C)cs1. The minimum absolute atomic E-state index is 0.0229. The normalized spacial score (nSPS) is 17.9. The molecule has 20 heavy (non-hydrogen) atoms. The first-order valence-corrected chi connectivity index (χ1v) is 8.41. The lowest BCUT2D eigenvalue weighted by molar-refractivity contribution is -0.121. The van der Waals surface area contributed by atoms with E-state index in [0.717, 1.165) is 23.7 Å². The number of hydrogen-bond acceptors (Lipinski definition) is 4. The summed E-state index contributed by atoms with van der Waals surface area (Å²) in [6.07, 6.45) is 6.42. The van der Waals surface area contributed by atoms with Gasteiger partial charge in [-0.25, -0.2) is 4.98 Å². The molecule has 2 rings (SSSR count). The zero-order chi connectivity index (χ0) is 14.6. The third-order valence-electron chi connectivity index (χ3n) is 4.33. The van der Waals surface area contributed by atoms with Crippen LogP contribution in [0.2, 0.25) is 0 Å². The van der Waals surface area contributed by atoms with Gasteiger partial charge >= 0.3 is 0 Å². The molecule has 0 radical (unpaired) electrons. The molecule has 1 fully saturated rings. The maximum absolute atomic E-state index is 12.7. The van der Waals surface area contributed by atoms with E-state index >= 15 is 0 Å². The van der Waals surface area contributed by atoms with Gasteiger partial charge in [0.2, 0.25) is 5.91 Å². The fraction of sp³-hybridized carbons (Fsp3) is 0.733. The van der Waals surface area contributed by atoms with Crippen molar-refractivity contribution < 1.29 is 4.79 Å². The van der Waals surface area contributed by atoms with Gasteiger partial charge in [0.05, 0.1) is 5.69 Å². The number of nitrogens with zero attached hydrogens (tertiary/aromatic N) is 2. The van der Waals surface area contributed by atoms with E-state index in [-0.39, 0.29) is 11.3 Å². The topological polar surface area (TPSA) is 59.2 Å². The van der Waals surface area contributed by atoms with E-state index in [9.17, 15) is 4.79 Å². The van der Waals surface area contributed by atoms with Crippen LogP contribution in [0.15, 0.2) is 5.38 Å². The highest BCUT2D eigenvalue weighted by Crippen LogP contribution is 2.39. The second-order valence-corrected chi connectivity index (χ2v) is 6.69. The summed E-state index contributed by atoms with van der Waals surface area (Å²) >= 11 is 1.54. The maximum Gasteiger partial charge on any atom is 0.229 e. The molecule has 0 saturated heterocycles. The predicted molar refractivity (Wildman–Crippen MR) is 84.1 cm³/mol. The Balaban J connectivity index is 2.08. The van der Waals surface area contributed by atoms with Crippen molar-refractivity contribution in [1.82, 2.24) is 4.98 Å². The van der Waals surface area contributed by atoms with Crippen molar-refractivity contribution in [2.45, 2.75) is 52.4 Å². The van der Waals surface area contributed by atoms with Crippen molar-refractivity contribution in [1.29, 1.82) is 0 Å². The second kappa shape index (κ2) is 6.68. The van der Waals surface area contributed by atoms with Crippen LogP contribution >= 0.6 is 11.3 Å². The zero-order valence-corrected chi connectivity index (χ0v) is 13.3. The van der Waals surface area contributed by atoms with Crippen LogP contribution in [0.4, 0.5) is 5.13 Å². The summed E-state index contributed by atoms with van der Waals surface area (Å²) in [5.74, 6) is 0.175. The van der Waals surface area contributed by atoms with Crippen LogP contribution in [-0.4, -0.2) is 24.0 Å². The molecule has 1 saturated carbocycles. The van der Waals surface area contributed by atoms with Crippen LogP contribution in [0, 0.1) is 12.3 Å². The average Bonchev–Trinajstić information content (AvgIpc) is 2.87. The Morgan fingerprint density at radius 3 is 2.65 bits per heavy atom. The van der Waals surface area contributed by atoms with E-state index in [2.05, 4.69) is 4.98 Å². The number of amides is 1. The van der Waals surface area contributed by atoms with Gasteiger partial charge < -0.3 is 5.73 Å². The Morgan fingerprint density at radius 2 is 2.15 bits per heavy atom. The Kier molecular flexibility index (Phi) is 5.16. The summed E-state index contributed by atoms with van der Waals surface area (Å²) in [5, 5.41) is 2.81. The fourth-order valence-electron chi connectivity index (χ4n) is 3.05. The lowest BCUT2D eigenvalue weighted by Gasteiger charge is -2.36. The van der Waals surface area contributed by atoms with Gasteiger partial charge in [0.15, 0.2) is 5.13 Å². The Hall–Kier alpha value is -0.940. The highest BCUT2D eigenvalue weighted by atomic mass is 32.1. The number of carbonyl (C=O) groups excluding carboxylic acids is 1. The molecule has 1 aromatic rings. The van der Waals surface area contributed by atoms with E-state index in [4.69, 9.17) is 5.73 Å². The van der Waals surface area contributed by atoms with Crippen LogP contribution in [-0.2, 0) is 4.79 Å². The lowest BCUT2D eigenvalue weighted by atomic mass is 9.71. The first kappa shape index (κ1) is 15.4. The van der Waals surface area contributed by atoms with Gasteiger partial charge in [-0.15, -0.1) is 11.3 Å². The summed E-state index contributed by atoms with van der Waals surface area (Å²) in [5.41, 5.74) is 6.98. The molecule has 0 spiro atoms. The van der Waals surface area contributed by atoms with Crippen LogP contribution < -0.4 is 10.6 Å². The Morgan fingerprint density at radius 1 is 1.45 bits per heavy atom. The maximum atomic E-state index is 12.7. The molecule has 0 aromatic carbocycles. The molecule has 0 aliphatic heterocycles. The summed E-state index contributed by atoms with van der Waals surface area (Å²) in [4.78, 5) is 18.9. The van der Waals surface area contributed by atoms with Crippen LogP contribution in [0.3, 0.4) is 0 Å². The van der Waals surface area contributed by atoms with E-state index in [1.54, 1.807) is 11.3 Å². The Bertz CT molecular complexity index is 452. The lowest BCUT2D eigenvalue weighted by Crippen LogP contribution is -2.40. The van der Waals surface area contributed by atoms with E-state index < -0.39 is 0 Å². The number of hydrogen-bond donors (Lipinski definition) is 1. The average molecular weight is 295 g/mol.